The van der Waals surface area contributed by atoms with Crippen LogP contribution in [-0.2, 0) is 21.8 Å². The van der Waals surface area contributed by atoms with Gasteiger partial charge in [-0.15, -0.1) is 0 Å². The maximum Gasteiger partial charge on any atom is 0.424 e. The fourth-order valence-electron chi connectivity index (χ4n) is 6.47. The first-order valence-corrected chi connectivity index (χ1v) is 16.0. The van der Waals surface area contributed by atoms with Crippen LogP contribution in [0.2, 0.25) is 5.02 Å². The molecule has 2 aromatic rings. The van der Waals surface area contributed by atoms with Gasteiger partial charge in [-0.3, -0.25) is 9.48 Å². The van der Waals surface area contributed by atoms with E-state index in [2.05, 4.69) is 10.4 Å². The topological polar surface area (TPSA) is 157 Å². The number of carbonyl (C=O) groups is 2. The van der Waals surface area contributed by atoms with Gasteiger partial charge in [0.25, 0.3) is 5.91 Å². The van der Waals surface area contributed by atoms with Gasteiger partial charge in [-0.25, -0.2) is 21.9 Å². The van der Waals surface area contributed by atoms with Crippen molar-refractivity contribution in [1.82, 2.24) is 14.1 Å². The lowest BCUT2D eigenvalue weighted by atomic mass is 9.92. The van der Waals surface area contributed by atoms with E-state index in [9.17, 15) is 27.5 Å². The lowest BCUT2D eigenvalue weighted by Crippen LogP contribution is -2.48. The molecular formula is C28H37ClFN5O6S. The normalized spacial score (nSPS) is 25.7. The fraction of sp³-hybridized carbons (Fsp3) is 0.607. The van der Waals surface area contributed by atoms with Crippen LogP contribution >= 0.6 is 11.6 Å². The number of nitrogens with two attached hydrogens (primary N) is 1. The first-order chi connectivity index (χ1) is 19.5. The molecule has 2 amide bonds. The van der Waals surface area contributed by atoms with Gasteiger partial charge in [-0.2, -0.15) is 5.10 Å². The highest BCUT2D eigenvalue weighted by atomic mass is 35.5. The Balaban J connectivity index is 1.28. The van der Waals surface area contributed by atoms with Crippen molar-refractivity contribution in [3.63, 3.8) is 0 Å². The summed E-state index contributed by atoms with van der Waals surface area (Å²) in [5.41, 5.74) is 4.94. The number of nitrogen functional groups attached to an aromatic ring is 1. The molecule has 11 nitrogen and oxygen atoms in total. The zero-order valence-corrected chi connectivity index (χ0v) is 25.6. The molecule has 0 bridgehead atoms. The van der Waals surface area contributed by atoms with Crippen LogP contribution in [0.3, 0.4) is 0 Å². The zero-order valence-electron chi connectivity index (χ0n) is 24.1. The molecule has 230 valence electrons. The Hall–Kier alpha value is -2.90. The molecule has 4 N–H and O–H groups in total. The first kappa shape index (κ1) is 30.6. The van der Waals surface area contributed by atoms with E-state index in [0.29, 0.717) is 37.1 Å². The quantitative estimate of drug-likeness (QED) is 0.408. The molecule has 0 aliphatic heterocycles. The Labute approximate surface area is 249 Å². The van der Waals surface area contributed by atoms with E-state index in [4.69, 9.17) is 22.1 Å². The minimum Gasteiger partial charge on any atom is -0.443 e. The van der Waals surface area contributed by atoms with E-state index in [1.54, 1.807) is 27.8 Å². The lowest BCUT2D eigenvalue weighted by Gasteiger charge is -2.30. The predicted octanol–water partition coefficient (Wildman–Crippen LogP) is 4.41. The Morgan fingerprint density at radius 3 is 2.43 bits per heavy atom. The number of sulfonamides is 1. The van der Waals surface area contributed by atoms with Crippen molar-refractivity contribution in [2.75, 3.05) is 16.8 Å². The Morgan fingerprint density at radius 1 is 1.26 bits per heavy atom. The van der Waals surface area contributed by atoms with E-state index in [1.807, 2.05) is 0 Å². The molecular weight excluding hydrogens is 589 g/mol. The van der Waals surface area contributed by atoms with Crippen molar-refractivity contribution in [1.29, 1.82) is 0 Å². The number of hydrogen-bond acceptors (Lipinski definition) is 8. The summed E-state index contributed by atoms with van der Waals surface area (Å²) in [7, 11) is -2.50. The van der Waals surface area contributed by atoms with Crippen molar-refractivity contribution < 1.29 is 32.2 Å². The number of aliphatic hydroxyl groups is 1. The molecule has 2 unspecified atom stereocenters. The lowest BCUT2D eigenvalue weighted by molar-refractivity contribution is 0.0366. The van der Waals surface area contributed by atoms with Crippen LogP contribution in [-0.4, -0.2) is 62.6 Å². The third-order valence-corrected chi connectivity index (χ3v) is 10.5. The van der Waals surface area contributed by atoms with Gasteiger partial charge in [0.15, 0.2) is 0 Å². The minimum absolute atomic E-state index is 0.00106. The molecule has 2 atom stereocenters. The minimum atomic E-state index is -4.13. The molecule has 3 aliphatic rings. The fourth-order valence-corrected chi connectivity index (χ4v) is 8.64. The molecule has 1 aromatic heterocycles. The largest absolute Gasteiger partial charge is 0.443 e. The van der Waals surface area contributed by atoms with E-state index >= 15 is 0 Å². The van der Waals surface area contributed by atoms with Crippen LogP contribution in [0.5, 0.6) is 0 Å². The summed E-state index contributed by atoms with van der Waals surface area (Å²) in [5.74, 6) is -1.61. The maximum absolute atomic E-state index is 13.6. The van der Waals surface area contributed by atoms with Crippen molar-refractivity contribution in [2.45, 2.75) is 82.5 Å². The van der Waals surface area contributed by atoms with Gasteiger partial charge in [-0.05, 0) is 89.3 Å². The number of fused-ring (bicyclic) bond motifs is 1. The second-order valence-electron chi connectivity index (χ2n) is 12.9. The number of nitrogens with one attached hydrogen (secondary N) is 1. The van der Waals surface area contributed by atoms with Crippen LogP contribution in [0.1, 0.15) is 81.3 Å². The third kappa shape index (κ3) is 6.23. The molecule has 3 aliphatic carbocycles. The third-order valence-electron chi connectivity index (χ3n) is 8.24. The number of anilines is 2. The Bertz CT molecular complexity index is 1510. The number of aromatic nitrogens is 2. The number of hydrogen-bond donors (Lipinski definition) is 3. The number of benzene rings is 1. The van der Waals surface area contributed by atoms with Gasteiger partial charge in [0.1, 0.15) is 22.8 Å². The first-order valence-electron chi connectivity index (χ1n) is 14.0. The number of aryl methyl sites for hydroxylation is 1. The van der Waals surface area contributed by atoms with Crippen LogP contribution in [0.4, 0.5) is 20.7 Å². The SMILES string of the molecule is Cn1nc(C2CC3CC(O)(CS(=O)(=O)N(C(=O)OC(C)(C)C)C4CC4)CC3C2)c(C(=O)Nc2ccc(F)c(Cl)c2)c1N. The van der Waals surface area contributed by atoms with Crippen LogP contribution in [0.25, 0.3) is 0 Å². The van der Waals surface area contributed by atoms with Gasteiger partial charge < -0.3 is 20.9 Å². The van der Waals surface area contributed by atoms with E-state index in [-0.39, 0.29) is 47.0 Å². The summed E-state index contributed by atoms with van der Waals surface area (Å²) < 4.78 is 48.0. The van der Waals surface area contributed by atoms with Crippen molar-refractivity contribution in [3.05, 3.63) is 40.3 Å². The van der Waals surface area contributed by atoms with Gasteiger partial charge in [0.05, 0.1) is 28.1 Å². The van der Waals surface area contributed by atoms with Crippen molar-refractivity contribution in [2.24, 2.45) is 18.9 Å². The number of amides is 2. The van der Waals surface area contributed by atoms with E-state index in [1.165, 1.54) is 16.8 Å². The number of ether oxygens (including phenoxy) is 1. The van der Waals surface area contributed by atoms with Gasteiger partial charge in [0.2, 0.25) is 10.0 Å². The highest BCUT2D eigenvalue weighted by Crippen LogP contribution is 2.54. The smallest absolute Gasteiger partial charge is 0.424 e. The molecule has 0 radical (unpaired) electrons. The molecule has 0 spiro atoms. The average Bonchev–Trinajstić information content (AvgIpc) is 3.41. The summed E-state index contributed by atoms with van der Waals surface area (Å²) in [4.78, 5) is 26.1. The number of rotatable bonds is 7. The molecule has 1 aromatic carbocycles. The standard InChI is InChI=1S/C28H37ClFN5O6S/c1-27(2,3)41-26(37)35(19-6-7-19)42(39,40)14-28(38)12-16-9-15(10-17(16)13-28)23-22(24(31)34(4)33-23)25(36)32-18-5-8-21(30)20(29)11-18/h5,8,11,15-17,19,38H,6-7,9-10,12-14,31H2,1-4H3,(H,32,36). The molecule has 14 heteroatoms. The zero-order chi connectivity index (χ0) is 30.8. The molecule has 3 saturated carbocycles. The molecule has 3 fully saturated rings. The summed E-state index contributed by atoms with van der Waals surface area (Å²) in [5, 5.41) is 18.6. The average molecular weight is 626 g/mol. The van der Waals surface area contributed by atoms with Crippen LogP contribution in [0.15, 0.2) is 18.2 Å². The summed E-state index contributed by atoms with van der Waals surface area (Å²) >= 11 is 5.86. The maximum atomic E-state index is 13.6. The summed E-state index contributed by atoms with van der Waals surface area (Å²) in [6.45, 7) is 5.02. The Morgan fingerprint density at radius 2 is 1.88 bits per heavy atom. The highest BCUT2D eigenvalue weighted by Gasteiger charge is 2.54. The molecule has 42 heavy (non-hydrogen) atoms. The Kier molecular flexibility index (Phi) is 7.76. The molecule has 1 heterocycles. The number of nitrogens with zero attached hydrogens (tertiary/aromatic N) is 3. The predicted molar refractivity (Wildman–Crippen MR) is 155 cm³/mol. The van der Waals surface area contributed by atoms with E-state index in [0.717, 1.165) is 10.4 Å². The second-order valence-corrected chi connectivity index (χ2v) is 15.2. The highest BCUT2D eigenvalue weighted by molar-refractivity contribution is 7.89. The van der Waals surface area contributed by atoms with Crippen LogP contribution in [0, 0.1) is 17.7 Å². The molecule has 0 saturated heterocycles. The number of carbonyl (C=O) groups excluding carboxylic acids is 2. The second kappa shape index (κ2) is 10.7. The summed E-state index contributed by atoms with van der Waals surface area (Å²) in [6.07, 6.45) is 1.90. The monoisotopic (exact) mass is 625 g/mol. The summed E-state index contributed by atoms with van der Waals surface area (Å²) in [6, 6.07) is 3.42. The molecule has 5 rings (SSSR count). The van der Waals surface area contributed by atoms with Crippen LogP contribution < -0.4 is 11.1 Å². The van der Waals surface area contributed by atoms with E-state index < -0.39 is 50.8 Å². The van der Waals surface area contributed by atoms with Gasteiger partial charge >= 0.3 is 6.09 Å². The number of halogens is 2. The van der Waals surface area contributed by atoms with Gasteiger partial charge in [-0.1, -0.05) is 11.6 Å². The van der Waals surface area contributed by atoms with Crippen molar-refractivity contribution >= 4 is 45.1 Å². The van der Waals surface area contributed by atoms with Gasteiger partial charge in [0, 0.05) is 18.7 Å². The van der Waals surface area contributed by atoms with Crippen molar-refractivity contribution in [3.8, 4) is 0 Å².